The Balaban J connectivity index is 1.60. The number of carbonyl (C=O) groups excluding carboxylic acids is 2. The third kappa shape index (κ3) is 3.45. The molecule has 1 aliphatic heterocycles. The first kappa shape index (κ1) is 15.7. The molecule has 1 heterocycles. The van der Waals surface area contributed by atoms with Crippen LogP contribution in [0.3, 0.4) is 0 Å². The minimum absolute atomic E-state index is 0.01000. The fourth-order valence-corrected chi connectivity index (χ4v) is 3.18. The van der Waals surface area contributed by atoms with E-state index in [4.69, 9.17) is 5.11 Å². The van der Waals surface area contributed by atoms with E-state index >= 15 is 0 Å². The molecule has 1 unspecified atom stereocenters. The van der Waals surface area contributed by atoms with E-state index in [9.17, 15) is 9.59 Å². The number of anilines is 1. The first-order valence-electron chi connectivity index (χ1n) is 8.03. The molecule has 122 valence electrons. The van der Waals surface area contributed by atoms with Crippen LogP contribution in [0.4, 0.5) is 5.69 Å². The summed E-state index contributed by atoms with van der Waals surface area (Å²) >= 11 is 0. The Bertz CT molecular complexity index is 624. The average molecular weight is 314 g/mol. The Hall–Kier alpha value is -2.14. The molecule has 1 aliphatic carbocycles. The van der Waals surface area contributed by atoms with E-state index in [2.05, 4.69) is 5.32 Å². The second-order valence-electron chi connectivity index (χ2n) is 6.42. The van der Waals surface area contributed by atoms with Gasteiger partial charge in [0.15, 0.2) is 0 Å². The highest BCUT2D eigenvalue weighted by Gasteiger charge is 2.36. The minimum Gasteiger partial charge on any atom is -0.396 e. The van der Waals surface area contributed by atoms with E-state index in [0.29, 0.717) is 6.54 Å². The van der Waals surface area contributed by atoms with Crippen LogP contribution in [0.2, 0.25) is 0 Å². The number of aliphatic hydroxyl groups is 1. The minimum atomic E-state index is -0.314. The first-order chi connectivity index (χ1) is 11.1. The number of amides is 2. The highest BCUT2D eigenvalue weighted by molar-refractivity contribution is 6.00. The molecule has 0 radical (unpaired) electrons. The molecule has 1 fully saturated rings. The van der Waals surface area contributed by atoms with Crippen LogP contribution in [0.15, 0.2) is 36.4 Å². The number of nitrogens with one attached hydrogen (secondary N) is 1. The van der Waals surface area contributed by atoms with Crippen LogP contribution in [-0.4, -0.2) is 36.1 Å². The van der Waals surface area contributed by atoms with Gasteiger partial charge < -0.3 is 15.3 Å². The number of carbonyl (C=O) groups is 2. The summed E-state index contributed by atoms with van der Waals surface area (Å²) in [5.74, 6) is -0.287. The molecule has 0 saturated carbocycles. The van der Waals surface area contributed by atoms with Gasteiger partial charge in [-0.15, -0.1) is 0 Å². The van der Waals surface area contributed by atoms with Crippen LogP contribution in [0.1, 0.15) is 18.4 Å². The lowest BCUT2D eigenvalue weighted by molar-refractivity contribution is -0.126. The Morgan fingerprint density at radius 1 is 1.30 bits per heavy atom. The molecule has 0 aromatic heterocycles. The Morgan fingerprint density at radius 2 is 2.04 bits per heavy atom. The van der Waals surface area contributed by atoms with Gasteiger partial charge in [0.2, 0.25) is 11.8 Å². The molecular formula is C18H22N2O3. The Labute approximate surface area is 136 Å². The molecule has 1 aromatic carbocycles. The largest absolute Gasteiger partial charge is 0.396 e. The lowest BCUT2D eigenvalue weighted by Gasteiger charge is -2.18. The zero-order valence-corrected chi connectivity index (χ0v) is 13.2. The van der Waals surface area contributed by atoms with Gasteiger partial charge in [0.25, 0.3) is 0 Å². The summed E-state index contributed by atoms with van der Waals surface area (Å²) in [6.07, 6.45) is 4.83. The lowest BCUT2D eigenvalue weighted by atomic mass is 10.1. The van der Waals surface area contributed by atoms with Gasteiger partial charge >= 0.3 is 0 Å². The molecule has 1 saturated heterocycles. The van der Waals surface area contributed by atoms with Crippen molar-refractivity contribution in [1.82, 2.24) is 5.32 Å². The molecule has 5 nitrogen and oxygen atoms in total. The maximum absolute atomic E-state index is 12.4. The van der Waals surface area contributed by atoms with Gasteiger partial charge in [-0.05, 0) is 25.5 Å². The van der Waals surface area contributed by atoms with Crippen LogP contribution in [0, 0.1) is 18.8 Å². The normalized spacial score (nSPS) is 26.8. The summed E-state index contributed by atoms with van der Waals surface area (Å²) in [5.41, 5.74) is 1.98. The standard InChI is InChI=1S/C18H22N2O3/c1-12-2-6-16(7-3-12)20-10-14(9-17(20)22)18(23)19-15-5-4-13(8-15)11-21/h2-7,13-15,21H,8-11H2,1H3,(H,19,23)/t13-,14?,15+/m0/s1. The van der Waals surface area contributed by atoms with E-state index in [-0.39, 0.29) is 42.7 Å². The van der Waals surface area contributed by atoms with E-state index in [1.165, 1.54) is 0 Å². The number of aliphatic hydroxyl groups excluding tert-OH is 1. The maximum Gasteiger partial charge on any atom is 0.227 e. The highest BCUT2D eigenvalue weighted by atomic mass is 16.3. The van der Waals surface area contributed by atoms with Crippen LogP contribution in [0.25, 0.3) is 0 Å². The Kier molecular flexibility index (Phi) is 4.48. The van der Waals surface area contributed by atoms with Crippen molar-refractivity contribution in [2.45, 2.75) is 25.8 Å². The average Bonchev–Trinajstić information content (AvgIpc) is 3.15. The van der Waals surface area contributed by atoms with Gasteiger partial charge in [0, 0.05) is 37.2 Å². The molecule has 0 spiro atoms. The smallest absolute Gasteiger partial charge is 0.227 e. The molecule has 2 amide bonds. The molecule has 5 heteroatoms. The highest BCUT2D eigenvalue weighted by Crippen LogP contribution is 2.26. The van der Waals surface area contributed by atoms with Gasteiger partial charge in [-0.25, -0.2) is 0 Å². The summed E-state index contributed by atoms with van der Waals surface area (Å²) < 4.78 is 0. The summed E-state index contributed by atoms with van der Waals surface area (Å²) in [5, 5.41) is 12.1. The third-order valence-corrected chi connectivity index (χ3v) is 4.58. The molecule has 23 heavy (non-hydrogen) atoms. The van der Waals surface area contributed by atoms with Crippen molar-refractivity contribution in [3.63, 3.8) is 0 Å². The summed E-state index contributed by atoms with van der Waals surface area (Å²) in [6, 6.07) is 7.73. The van der Waals surface area contributed by atoms with Crippen molar-refractivity contribution < 1.29 is 14.7 Å². The zero-order chi connectivity index (χ0) is 16.4. The van der Waals surface area contributed by atoms with Crippen LogP contribution in [0.5, 0.6) is 0 Å². The van der Waals surface area contributed by atoms with Crippen LogP contribution >= 0.6 is 0 Å². The van der Waals surface area contributed by atoms with E-state index in [0.717, 1.165) is 17.7 Å². The van der Waals surface area contributed by atoms with Crippen LogP contribution < -0.4 is 10.2 Å². The van der Waals surface area contributed by atoms with E-state index < -0.39 is 0 Å². The zero-order valence-electron chi connectivity index (χ0n) is 13.2. The van der Waals surface area contributed by atoms with Gasteiger partial charge in [-0.2, -0.15) is 0 Å². The first-order valence-corrected chi connectivity index (χ1v) is 8.03. The van der Waals surface area contributed by atoms with Crippen molar-refractivity contribution in [1.29, 1.82) is 0 Å². The molecular weight excluding hydrogens is 292 g/mol. The molecule has 3 atom stereocenters. The van der Waals surface area contributed by atoms with Crippen molar-refractivity contribution in [3.05, 3.63) is 42.0 Å². The maximum atomic E-state index is 12.4. The Morgan fingerprint density at radius 3 is 2.70 bits per heavy atom. The van der Waals surface area contributed by atoms with Gasteiger partial charge in [-0.1, -0.05) is 29.8 Å². The SMILES string of the molecule is Cc1ccc(N2CC(C(=O)N[C@@H]3C=C[C@H](CO)C3)CC2=O)cc1. The fourth-order valence-electron chi connectivity index (χ4n) is 3.18. The molecule has 2 aliphatic rings. The number of benzene rings is 1. The molecule has 0 bridgehead atoms. The predicted molar refractivity (Wildman–Crippen MR) is 87.9 cm³/mol. The van der Waals surface area contributed by atoms with E-state index in [1.54, 1.807) is 4.90 Å². The van der Waals surface area contributed by atoms with Crippen LogP contribution in [-0.2, 0) is 9.59 Å². The quantitative estimate of drug-likeness (QED) is 0.826. The molecule has 1 aromatic rings. The fraction of sp³-hybridized carbons (Fsp3) is 0.444. The van der Waals surface area contributed by atoms with Gasteiger partial charge in [-0.3, -0.25) is 9.59 Å². The van der Waals surface area contributed by atoms with Crippen molar-refractivity contribution >= 4 is 17.5 Å². The summed E-state index contributed by atoms with van der Waals surface area (Å²) in [4.78, 5) is 26.3. The summed E-state index contributed by atoms with van der Waals surface area (Å²) in [6.45, 7) is 2.53. The van der Waals surface area contributed by atoms with Crippen molar-refractivity contribution in [2.75, 3.05) is 18.1 Å². The number of hydrogen-bond donors (Lipinski definition) is 2. The van der Waals surface area contributed by atoms with Crippen molar-refractivity contribution in [2.24, 2.45) is 11.8 Å². The lowest BCUT2D eigenvalue weighted by Crippen LogP contribution is -2.38. The monoisotopic (exact) mass is 314 g/mol. The number of rotatable bonds is 4. The molecule has 3 rings (SSSR count). The number of aryl methyl sites for hydroxylation is 1. The van der Waals surface area contributed by atoms with Crippen molar-refractivity contribution in [3.8, 4) is 0 Å². The molecule has 2 N–H and O–H groups in total. The second kappa shape index (κ2) is 6.54. The second-order valence-corrected chi connectivity index (χ2v) is 6.42. The topological polar surface area (TPSA) is 69.6 Å². The van der Waals surface area contributed by atoms with Gasteiger partial charge in [0.1, 0.15) is 0 Å². The number of nitrogens with zero attached hydrogens (tertiary/aromatic N) is 1. The number of hydrogen-bond acceptors (Lipinski definition) is 3. The third-order valence-electron chi connectivity index (χ3n) is 4.58. The van der Waals surface area contributed by atoms with E-state index in [1.807, 2.05) is 43.3 Å². The van der Waals surface area contributed by atoms with Gasteiger partial charge in [0.05, 0.1) is 5.92 Å². The predicted octanol–water partition coefficient (Wildman–Crippen LogP) is 1.40. The summed E-state index contributed by atoms with van der Waals surface area (Å²) in [7, 11) is 0.